The number of benzene rings is 1. The monoisotopic (exact) mass is 418 g/mol. The van der Waals surface area contributed by atoms with Crippen LogP contribution in [0.2, 0.25) is 5.02 Å². The van der Waals surface area contributed by atoms with E-state index in [4.69, 9.17) is 16.3 Å². The molecule has 19 heavy (non-hydrogen) atoms. The number of amides is 1. The molecular weight excluding hydrogens is 402 g/mol. The lowest BCUT2D eigenvalue weighted by atomic mass is 10.2. The van der Waals surface area contributed by atoms with Crippen LogP contribution in [-0.2, 0) is 0 Å². The molecule has 7 heteroatoms. The molecule has 0 aliphatic heterocycles. The van der Waals surface area contributed by atoms with Gasteiger partial charge in [0, 0.05) is 16.2 Å². The molecule has 108 valence electrons. The zero-order valence-electron chi connectivity index (χ0n) is 10.9. The van der Waals surface area contributed by atoms with Crippen LogP contribution in [0, 0.1) is 3.57 Å². The van der Waals surface area contributed by atoms with Crippen LogP contribution in [0.5, 0.6) is 5.75 Å². The van der Waals surface area contributed by atoms with Crippen LogP contribution in [0.4, 0.5) is 0 Å². The summed E-state index contributed by atoms with van der Waals surface area (Å²) in [6, 6.07) is 3.58. The summed E-state index contributed by atoms with van der Waals surface area (Å²) in [7, 11) is 3.38. The molecule has 4 nitrogen and oxygen atoms in total. The minimum atomic E-state index is -0.188. The van der Waals surface area contributed by atoms with E-state index < -0.39 is 0 Å². The van der Waals surface area contributed by atoms with Gasteiger partial charge in [0.25, 0.3) is 5.91 Å². The largest absolute Gasteiger partial charge is 0.496 e. The lowest BCUT2D eigenvalue weighted by molar-refractivity contribution is 0.0947. The highest BCUT2D eigenvalue weighted by atomic mass is 127. The average Bonchev–Trinajstić information content (AvgIpc) is 2.37. The van der Waals surface area contributed by atoms with Crippen molar-refractivity contribution in [2.24, 2.45) is 0 Å². The van der Waals surface area contributed by atoms with Gasteiger partial charge in [-0.2, -0.15) is 0 Å². The predicted octanol–water partition coefficient (Wildman–Crippen LogP) is 2.71. The summed E-state index contributed by atoms with van der Waals surface area (Å²) in [6.07, 6.45) is 0. The van der Waals surface area contributed by atoms with E-state index in [0.717, 1.165) is 3.57 Å². The average molecular weight is 419 g/mol. The van der Waals surface area contributed by atoms with Gasteiger partial charge in [-0.05, 0) is 48.7 Å². The molecule has 0 heterocycles. The van der Waals surface area contributed by atoms with Crippen LogP contribution in [0.3, 0.4) is 0 Å². The number of halogens is 3. The normalized spacial score (nSPS) is 11.4. The highest BCUT2D eigenvalue weighted by Gasteiger charge is 2.15. The van der Waals surface area contributed by atoms with Gasteiger partial charge in [0.2, 0.25) is 0 Å². The molecule has 1 aromatic carbocycles. The number of ether oxygens (including phenoxy) is 1. The van der Waals surface area contributed by atoms with Crippen molar-refractivity contribution in [3.05, 3.63) is 26.3 Å². The third-order valence-corrected chi connectivity index (χ3v) is 4.07. The van der Waals surface area contributed by atoms with Crippen molar-refractivity contribution in [2.75, 3.05) is 20.7 Å². The van der Waals surface area contributed by atoms with Crippen LogP contribution in [0.15, 0.2) is 12.1 Å². The summed E-state index contributed by atoms with van der Waals surface area (Å²) in [5.74, 6) is 0.339. The van der Waals surface area contributed by atoms with E-state index in [1.54, 1.807) is 12.1 Å². The van der Waals surface area contributed by atoms with Gasteiger partial charge in [-0.3, -0.25) is 4.79 Å². The Morgan fingerprint density at radius 2 is 2.16 bits per heavy atom. The van der Waals surface area contributed by atoms with Gasteiger partial charge in [-0.25, -0.2) is 0 Å². The summed E-state index contributed by atoms with van der Waals surface area (Å²) in [5, 5.41) is 6.42. The number of hydrogen-bond donors (Lipinski definition) is 2. The minimum Gasteiger partial charge on any atom is -0.496 e. The van der Waals surface area contributed by atoms with Crippen molar-refractivity contribution in [1.29, 1.82) is 0 Å². The van der Waals surface area contributed by atoms with E-state index in [2.05, 4.69) is 33.2 Å². The van der Waals surface area contributed by atoms with Crippen LogP contribution in [0.1, 0.15) is 17.3 Å². The Balaban J connectivity index is 0.00000324. The van der Waals surface area contributed by atoms with E-state index >= 15 is 0 Å². The van der Waals surface area contributed by atoms with Crippen molar-refractivity contribution in [1.82, 2.24) is 10.6 Å². The van der Waals surface area contributed by atoms with Crippen LogP contribution in [0.25, 0.3) is 0 Å². The maximum atomic E-state index is 12.0. The van der Waals surface area contributed by atoms with E-state index in [0.29, 0.717) is 22.9 Å². The third kappa shape index (κ3) is 5.33. The summed E-state index contributed by atoms with van der Waals surface area (Å²) in [6.45, 7) is 2.53. The molecule has 2 N–H and O–H groups in total. The molecule has 1 aromatic rings. The lowest BCUT2D eigenvalue weighted by Gasteiger charge is -2.13. The van der Waals surface area contributed by atoms with E-state index in [-0.39, 0.29) is 24.4 Å². The quantitative estimate of drug-likeness (QED) is 0.723. The molecule has 1 rings (SSSR count). The zero-order valence-corrected chi connectivity index (χ0v) is 14.6. The van der Waals surface area contributed by atoms with Crippen molar-refractivity contribution in [3.63, 3.8) is 0 Å². The SMILES string of the molecule is CNC(C)CNC(=O)c1cc(Cl)c(I)cc1OC.Cl. The molecule has 1 amide bonds. The van der Waals surface area contributed by atoms with E-state index in [1.165, 1.54) is 7.11 Å². The van der Waals surface area contributed by atoms with Gasteiger partial charge in [-0.15, -0.1) is 12.4 Å². The molecule has 0 aliphatic rings. The molecule has 1 atom stereocenters. The fourth-order valence-electron chi connectivity index (χ4n) is 1.32. The van der Waals surface area contributed by atoms with Gasteiger partial charge in [0.05, 0.1) is 17.7 Å². The fourth-order valence-corrected chi connectivity index (χ4v) is 1.92. The molecule has 0 radical (unpaired) electrons. The van der Waals surface area contributed by atoms with Gasteiger partial charge >= 0.3 is 0 Å². The first-order valence-corrected chi connectivity index (χ1v) is 6.93. The molecule has 0 spiro atoms. The van der Waals surface area contributed by atoms with Crippen LogP contribution >= 0.6 is 46.6 Å². The predicted molar refractivity (Wildman–Crippen MR) is 88.8 cm³/mol. The molecular formula is C12H17Cl2IN2O2. The summed E-state index contributed by atoms with van der Waals surface area (Å²) < 4.78 is 6.05. The Morgan fingerprint density at radius 3 is 2.68 bits per heavy atom. The fraction of sp³-hybridized carbons (Fsp3) is 0.417. The molecule has 0 aliphatic carbocycles. The highest BCUT2D eigenvalue weighted by Crippen LogP contribution is 2.28. The first kappa shape index (κ1) is 18.8. The zero-order chi connectivity index (χ0) is 13.7. The first-order chi connectivity index (χ1) is 8.49. The van der Waals surface area contributed by atoms with E-state index in [1.807, 2.05) is 14.0 Å². The van der Waals surface area contributed by atoms with Crippen molar-refractivity contribution in [3.8, 4) is 5.75 Å². The van der Waals surface area contributed by atoms with Gasteiger partial charge in [0.1, 0.15) is 5.75 Å². The number of methoxy groups -OCH3 is 1. The molecule has 1 unspecified atom stereocenters. The van der Waals surface area contributed by atoms with Crippen molar-refractivity contribution < 1.29 is 9.53 Å². The molecule has 0 saturated heterocycles. The van der Waals surface area contributed by atoms with Gasteiger partial charge in [0.15, 0.2) is 0 Å². The van der Waals surface area contributed by atoms with Crippen LogP contribution < -0.4 is 15.4 Å². The number of likely N-dealkylation sites (N-methyl/N-ethyl adjacent to an activating group) is 1. The highest BCUT2D eigenvalue weighted by molar-refractivity contribution is 14.1. The topological polar surface area (TPSA) is 50.4 Å². The Bertz CT molecular complexity index is 444. The minimum absolute atomic E-state index is 0. The number of hydrogen-bond acceptors (Lipinski definition) is 3. The summed E-state index contributed by atoms with van der Waals surface area (Å²) in [4.78, 5) is 12.0. The number of carbonyl (C=O) groups excluding carboxylic acids is 1. The Kier molecular flexibility index (Phi) is 8.73. The van der Waals surface area contributed by atoms with Gasteiger partial charge < -0.3 is 15.4 Å². The third-order valence-electron chi connectivity index (χ3n) is 2.55. The maximum Gasteiger partial charge on any atom is 0.255 e. The lowest BCUT2D eigenvalue weighted by Crippen LogP contribution is -2.37. The van der Waals surface area contributed by atoms with Gasteiger partial charge in [-0.1, -0.05) is 11.6 Å². The maximum absolute atomic E-state index is 12.0. The molecule has 0 aromatic heterocycles. The smallest absolute Gasteiger partial charge is 0.255 e. The Labute approximate surface area is 138 Å². The summed E-state index contributed by atoms with van der Waals surface area (Å²) in [5.41, 5.74) is 0.450. The standard InChI is InChI=1S/C12H16ClIN2O2.ClH/c1-7(15-2)6-16-12(17)8-4-9(13)10(14)5-11(8)18-3;/h4-5,7,15H,6H2,1-3H3,(H,16,17);1H. The Morgan fingerprint density at radius 1 is 1.53 bits per heavy atom. The second-order valence-electron chi connectivity index (χ2n) is 3.87. The molecule has 0 bridgehead atoms. The molecule has 0 fully saturated rings. The van der Waals surface area contributed by atoms with Crippen molar-refractivity contribution >= 4 is 52.5 Å². The van der Waals surface area contributed by atoms with E-state index in [9.17, 15) is 4.79 Å². The second-order valence-corrected chi connectivity index (χ2v) is 5.44. The first-order valence-electron chi connectivity index (χ1n) is 5.48. The number of nitrogens with one attached hydrogen (secondary N) is 2. The number of carbonyl (C=O) groups is 1. The number of rotatable bonds is 5. The molecule has 0 saturated carbocycles. The van der Waals surface area contributed by atoms with Crippen molar-refractivity contribution in [2.45, 2.75) is 13.0 Å². The summed E-state index contributed by atoms with van der Waals surface area (Å²) >= 11 is 8.12. The van der Waals surface area contributed by atoms with Crippen LogP contribution in [-0.4, -0.2) is 32.7 Å². The second kappa shape index (κ2) is 8.84. The Hall–Kier alpha value is -0.240.